The Kier molecular flexibility index (Phi) is 7.75. The van der Waals surface area contributed by atoms with E-state index in [1.165, 1.54) is 11.1 Å². The SMILES string of the molecule is C[C@@H]1[C@@H](C)C/C=C/[C@H](O)[C@@H]2CC[C@H]2CN2C[C@@]3(CCCc4cc(Cl)ccc43)COc3ccc(cc32)C(=O)N=[S-]1=O. The van der Waals surface area contributed by atoms with E-state index >= 15 is 0 Å². The standard InChI is InChI=1S/C32H38ClN2O4S/c1-20-5-3-7-29(36)26-11-8-24(26)17-35-18-32(14-4-6-22-15-25(33)10-12-27(22)32)19-39-30-13-9-23(16-28(30)35)31(37)34-40(38)21(20)2/h3,7,9-10,12-13,15-16,20-21,24,26,29,36H,4-6,8,11,14,17-19H2,1-2H3/q-1/b7-3+/t20-,21+,24-,26+,29-,32-/m0/s1. The fraction of sp³-hybridized carbons (Fsp3) is 0.531. The summed E-state index contributed by atoms with van der Waals surface area (Å²) in [5, 5.41) is 11.6. The predicted octanol–water partition coefficient (Wildman–Crippen LogP) is 6.47. The van der Waals surface area contributed by atoms with Gasteiger partial charge in [0.25, 0.3) is 5.91 Å². The number of ether oxygens (including phenoxy) is 1. The molecule has 0 aromatic heterocycles. The lowest BCUT2D eigenvalue weighted by Gasteiger charge is -2.45. The monoisotopic (exact) mass is 581 g/mol. The van der Waals surface area contributed by atoms with Gasteiger partial charge in [-0.25, -0.2) is 0 Å². The number of halogens is 1. The highest BCUT2D eigenvalue weighted by Gasteiger charge is 2.44. The van der Waals surface area contributed by atoms with Gasteiger partial charge in [-0.1, -0.05) is 54.8 Å². The molecule has 0 unspecified atom stereocenters. The lowest BCUT2D eigenvalue weighted by molar-refractivity contribution is 0.0456. The molecule has 2 aliphatic heterocycles. The minimum atomic E-state index is -1.66. The number of aliphatic hydroxyl groups excluding tert-OH is 1. The molecule has 0 radical (unpaired) electrons. The third kappa shape index (κ3) is 5.21. The van der Waals surface area contributed by atoms with E-state index in [4.69, 9.17) is 16.3 Å². The van der Waals surface area contributed by atoms with Gasteiger partial charge in [0.2, 0.25) is 0 Å². The number of fused-ring (bicyclic) bond motifs is 4. The van der Waals surface area contributed by atoms with Crippen molar-refractivity contribution in [2.24, 2.45) is 22.1 Å². The molecular weight excluding hydrogens is 544 g/mol. The first kappa shape index (κ1) is 27.8. The number of amides is 1. The largest absolute Gasteiger partial charge is 0.490 e. The van der Waals surface area contributed by atoms with Crippen molar-refractivity contribution in [1.82, 2.24) is 0 Å². The summed E-state index contributed by atoms with van der Waals surface area (Å²) in [5.74, 6) is 0.862. The van der Waals surface area contributed by atoms with Crippen LogP contribution in [-0.2, 0) is 26.6 Å². The fourth-order valence-corrected chi connectivity index (χ4v) is 8.12. The van der Waals surface area contributed by atoms with Crippen LogP contribution in [0.2, 0.25) is 5.02 Å². The van der Waals surface area contributed by atoms with Crippen molar-refractivity contribution in [3.05, 3.63) is 70.3 Å². The summed E-state index contributed by atoms with van der Waals surface area (Å²) in [6.45, 7) is 5.94. The second-order valence-electron chi connectivity index (χ2n) is 12.3. The molecule has 1 saturated carbocycles. The van der Waals surface area contributed by atoms with Crippen LogP contribution in [0.25, 0.3) is 0 Å². The Labute approximate surface area is 244 Å². The Morgan fingerprint density at radius 1 is 1.18 bits per heavy atom. The lowest BCUT2D eigenvalue weighted by atomic mass is 9.68. The highest BCUT2D eigenvalue weighted by molar-refractivity contribution is 7.75. The van der Waals surface area contributed by atoms with Crippen molar-refractivity contribution in [1.29, 1.82) is 0 Å². The Hall–Kier alpha value is -2.35. The number of hydrogen-bond donors (Lipinski definition) is 1. The molecule has 2 aromatic carbocycles. The number of aryl methyl sites for hydroxylation is 1. The van der Waals surface area contributed by atoms with Crippen molar-refractivity contribution in [3.8, 4) is 5.75 Å². The van der Waals surface area contributed by atoms with Gasteiger partial charge in [-0.3, -0.25) is 4.79 Å². The number of nitrogens with zero attached hydrogens (tertiary/aromatic N) is 2. The van der Waals surface area contributed by atoms with Gasteiger partial charge < -0.3 is 23.3 Å². The maximum absolute atomic E-state index is 13.2. The maximum Gasteiger partial charge on any atom is 0.254 e. The van der Waals surface area contributed by atoms with Gasteiger partial charge in [0, 0.05) is 29.1 Å². The molecule has 2 bridgehead atoms. The first-order valence-electron chi connectivity index (χ1n) is 14.6. The van der Waals surface area contributed by atoms with Crippen LogP contribution in [0.1, 0.15) is 67.4 Å². The summed E-state index contributed by atoms with van der Waals surface area (Å²) < 4.78 is 23.6. The smallest absolute Gasteiger partial charge is 0.254 e. The molecule has 6 rings (SSSR count). The molecule has 1 N–H and O–H groups in total. The van der Waals surface area contributed by atoms with E-state index < -0.39 is 22.6 Å². The summed E-state index contributed by atoms with van der Waals surface area (Å²) in [4.78, 5) is 15.6. The normalized spacial score (nSPS) is 33.5. The minimum absolute atomic E-state index is 0.0614. The van der Waals surface area contributed by atoms with Gasteiger partial charge in [-0.2, -0.15) is 10.6 Å². The maximum atomic E-state index is 13.2. The fourth-order valence-electron chi connectivity index (χ4n) is 6.98. The summed E-state index contributed by atoms with van der Waals surface area (Å²) in [5.41, 5.74) is 3.65. The molecule has 40 heavy (non-hydrogen) atoms. The van der Waals surface area contributed by atoms with Gasteiger partial charge in [0.1, 0.15) is 5.75 Å². The Balaban J connectivity index is 1.43. The van der Waals surface area contributed by atoms with Crippen molar-refractivity contribution in [3.63, 3.8) is 0 Å². The van der Waals surface area contributed by atoms with Crippen LogP contribution in [-0.4, -0.2) is 42.1 Å². The Bertz CT molecular complexity index is 1420. The first-order chi connectivity index (χ1) is 19.2. The lowest BCUT2D eigenvalue weighted by Crippen LogP contribution is -2.49. The zero-order chi connectivity index (χ0) is 28.0. The van der Waals surface area contributed by atoms with Crippen LogP contribution in [0, 0.1) is 17.8 Å². The van der Waals surface area contributed by atoms with Crippen LogP contribution >= 0.6 is 11.6 Å². The van der Waals surface area contributed by atoms with Gasteiger partial charge >= 0.3 is 0 Å². The van der Waals surface area contributed by atoms with Crippen LogP contribution in [0.3, 0.4) is 0 Å². The average molecular weight is 582 g/mol. The molecular formula is C32H38ClN2O4S-. The number of allylic oxidation sites excluding steroid dienone is 1. The molecule has 6 nitrogen and oxygen atoms in total. The van der Waals surface area contributed by atoms with E-state index in [2.05, 4.69) is 21.4 Å². The van der Waals surface area contributed by atoms with E-state index in [1.807, 2.05) is 44.2 Å². The summed E-state index contributed by atoms with van der Waals surface area (Å²) in [6, 6.07) is 11.7. The van der Waals surface area contributed by atoms with Gasteiger partial charge in [-0.15, -0.1) is 0 Å². The van der Waals surface area contributed by atoms with Gasteiger partial charge in [0.15, 0.2) is 0 Å². The zero-order valence-corrected chi connectivity index (χ0v) is 24.8. The zero-order valence-electron chi connectivity index (χ0n) is 23.2. The first-order valence-corrected chi connectivity index (χ1v) is 16.1. The number of carbonyl (C=O) groups excluding carboxylic acids is 1. The molecule has 1 amide bonds. The molecule has 2 aromatic rings. The molecule has 8 heteroatoms. The number of aliphatic hydroxyl groups is 1. The number of hydrogen-bond acceptors (Lipinski definition) is 6. The van der Waals surface area contributed by atoms with E-state index in [1.54, 1.807) is 6.07 Å². The number of rotatable bonds is 0. The summed E-state index contributed by atoms with van der Waals surface area (Å²) in [7, 11) is -1.66. The number of benzene rings is 2. The molecule has 2 aliphatic carbocycles. The number of carbonyl (C=O) groups is 1. The highest BCUT2D eigenvalue weighted by Crippen LogP contribution is 2.46. The van der Waals surface area contributed by atoms with Crippen LogP contribution < -0.4 is 9.64 Å². The van der Waals surface area contributed by atoms with Crippen molar-refractivity contribution < 1.29 is 18.8 Å². The topological polar surface area (TPSA) is 79.2 Å². The van der Waals surface area contributed by atoms with Crippen LogP contribution in [0.4, 0.5) is 5.69 Å². The van der Waals surface area contributed by atoms with Crippen molar-refractivity contribution in [2.45, 2.75) is 69.1 Å². The van der Waals surface area contributed by atoms with Gasteiger partial charge in [0.05, 0.1) is 18.4 Å². The predicted molar refractivity (Wildman–Crippen MR) is 160 cm³/mol. The van der Waals surface area contributed by atoms with E-state index in [9.17, 15) is 14.1 Å². The minimum Gasteiger partial charge on any atom is -0.490 e. The molecule has 214 valence electrons. The molecule has 1 fully saturated rings. The average Bonchev–Trinajstić information content (AvgIpc) is 3.07. The van der Waals surface area contributed by atoms with E-state index in [0.29, 0.717) is 24.5 Å². The second-order valence-corrected chi connectivity index (χ2v) is 14.2. The van der Waals surface area contributed by atoms with Crippen molar-refractivity contribution in [2.75, 3.05) is 24.6 Å². The van der Waals surface area contributed by atoms with E-state index in [0.717, 1.165) is 61.7 Å². The Morgan fingerprint density at radius 3 is 2.83 bits per heavy atom. The third-order valence-corrected chi connectivity index (χ3v) is 11.5. The van der Waals surface area contributed by atoms with E-state index in [-0.39, 0.29) is 22.5 Å². The quantitative estimate of drug-likeness (QED) is 0.285. The van der Waals surface area contributed by atoms with Crippen molar-refractivity contribution >= 4 is 33.8 Å². The summed E-state index contributed by atoms with van der Waals surface area (Å²) in [6.07, 6.45) is 9.20. The number of anilines is 1. The molecule has 6 atom stereocenters. The van der Waals surface area contributed by atoms with Crippen LogP contribution in [0.15, 0.2) is 52.9 Å². The molecule has 1 spiro atoms. The third-order valence-electron chi connectivity index (χ3n) is 9.79. The molecule has 2 heterocycles. The summed E-state index contributed by atoms with van der Waals surface area (Å²) >= 11 is 6.39. The van der Waals surface area contributed by atoms with Crippen LogP contribution in [0.5, 0.6) is 5.75 Å². The second kappa shape index (κ2) is 11.1. The molecule has 0 saturated heterocycles. The molecule has 4 aliphatic rings. The highest BCUT2D eigenvalue weighted by atomic mass is 35.5. The Morgan fingerprint density at radius 2 is 2.02 bits per heavy atom. The van der Waals surface area contributed by atoms with Gasteiger partial charge in [-0.05, 0) is 91.8 Å².